The molecule has 0 radical (unpaired) electrons. The van der Waals surface area contributed by atoms with Crippen molar-refractivity contribution in [1.82, 2.24) is 0 Å². The van der Waals surface area contributed by atoms with Crippen LogP contribution >= 0.6 is 0 Å². The second-order valence-corrected chi connectivity index (χ2v) is 7.22. The fourth-order valence-electron chi connectivity index (χ4n) is 2.70. The molecule has 1 aliphatic carbocycles. The molecule has 0 heterocycles. The first-order valence-electron chi connectivity index (χ1n) is 6.93. The lowest BCUT2D eigenvalue weighted by Gasteiger charge is -2.42. The van der Waals surface area contributed by atoms with Crippen LogP contribution in [-0.4, -0.2) is 31.6 Å². The number of aliphatic hydroxyl groups is 1. The maximum Gasteiger partial charge on any atom is 0.293 e. The Morgan fingerprint density at radius 1 is 1.41 bits per heavy atom. The van der Waals surface area contributed by atoms with Crippen LogP contribution in [0.25, 0.3) is 0 Å². The van der Waals surface area contributed by atoms with E-state index in [-0.39, 0.29) is 28.3 Å². The third-order valence-electron chi connectivity index (χ3n) is 4.20. The Balaban J connectivity index is 2.22. The fourth-order valence-corrected chi connectivity index (χ4v) is 3.23. The van der Waals surface area contributed by atoms with E-state index in [0.717, 1.165) is 25.3 Å². The van der Waals surface area contributed by atoms with Crippen LogP contribution in [0.2, 0.25) is 0 Å². The van der Waals surface area contributed by atoms with Crippen LogP contribution in [0.3, 0.4) is 0 Å². The number of anilines is 1. The highest BCUT2D eigenvalue weighted by molar-refractivity contribution is 7.89. The molecule has 1 fully saturated rings. The van der Waals surface area contributed by atoms with E-state index in [4.69, 9.17) is 10.2 Å². The summed E-state index contributed by atoms with van der Waals surface area (Å²) >= 11 is 0. The topological polar surface area (TPSA) is 136 Å². The van der Waals surface area contributed by atoms with E-state index in [9.17, 15) is 18.5 Å². The van der Waals surface area contributed by atoms with Gasteiger partial charge in [-0.25, -0.2) is 13.6 Å². The molecule has 0 bridgehead atoms. The van der Waals surface area contributed by atoms with Crippen molar-refractivity contribution < 1.29 is 18.4 Å². The molecule has 9 heteroatoms. The molecule has 0 aliphatic heterocycles. The minimum absolute atomic E-state index is 0.0404. The van der Waals surface area contributed by atoms with Gasteiger partial charge in [0.15, 0.2) is 0 Å². The number of rotatable bonds is 7. The van der Waals surface area contributed by atoms with Gasteiger partial charge in [-0.05, 0) is 36.8 Å². The summed E-state index contributed by atoms with van der Waals surface area (Å²) in [7, 11) is -3.99. The van der Waals surface area contributed by atoms with Gasteiger partial charge in [0.25, 0.3) is 5.69 Å². The van der Waals surface area contributed by atoms with Crippen LogP contribution in [0, 0.1) is 15.5 Å². The van der Waals surface area contributed by atoms with Gasteiger partial charge < -0.3 is 10.4 Å². The number of sulfonamides is 1. The second kappa shape index (κ2) is 6.19. The third-order valence-corrected chi connectivity index (χ3v) is 5.12. The molecule has 1 aliphatic rings. The zero-order chi connectivity index (χ0) is 16.4. The number of hydrogen-bond donors (Lipinski definition) is 3. The first kappa shape index (κ1) is 16.7. The second-order valence-electron chi connectivity index (χ2n) is 5.66. The number of hydrogen-bond acceptors (Lipinski definition) is 6. The van der Waals surface area contributed by atoms with Gasteiger partial charge in [0.1, 0.15) is 5.69 Å². The molecule has 0 atom stereocenters. The van der Waals surface area contributed by atoms with Crippen LogP contribution in [0.1, 0.15) is 25.7 Å². The van der Waals surface area contributed by atoms with E-state index in [1.807, 2.05) is 0 Å². The summed E-state index contributed by atoms with van der Waals surface area (Å²) in [6.07, 6.45) is 3.64. The van der Waals surface area contributed by atoms with Crippen LogP contribution in [0.4, 0.5) is 11.4 Å². The summed E-state index contributed by atoms with van der Waals surface area (Å²) in [6.45, 7) is 0.581. The molecule has 1 aromatic carbocycles. The van der Waals surface area contributed by atoms with Crippen LogP contribution in [-0.2, 0) is 10.0 Å². The Kier molecular flexibility index (Phi) is 4.69. The third kappa shape index (κ3) is 3.54. The van der Waals surface area contributed by atoms with E-state index in [1.165, 1.54) is 12.1 Å². The average Bonchev–Trinajstić information content (AvgIpc) is 2.40. The van der Waals surface area contributed by atoms with Crippen molar-refractivity contribution >= 4 is 21.4 Å². The molecule has 0 spiro atoms. The summed E-state index contributed by atoms with van der Waals surface area (Å²) in [5.74, 6) is 0. The highest BCUT2D eigenvalue weighted by Gasteiger charge is 2.36. The molecule has 4 N–H and O–H groups in total. The lowest BCUT2D eigenvalue weighted by atomic mass is 9.67. The molecule has 0 amide bonds. The van der Waals surface area contributed by atoms with Crippen molar-refractivity contribution in [3.63, 3.8) is 0 Å². The summed E-state index contributed by atoms with van der Waals surface area (Å²) in [6, 6.07) is 3.55. The van der Waals surface area contributed by atoms with Gasteiger partial charge in [0.05, 0.1) is 9.82 Å². The Bertz CT molecular complexity index is 670. The van der Waals surface area contributed by atoms with Crippen molar-refractivity contribution in [2.75, 3.05) is 18.5 Å². The first-order chi connectivity index (χ1) is 10.3. The summed E-state index contributed by atoms with van der Waals surface area (Å²) < 4.78 is 22.6. The number of nitro groups is 1. The van der Waals surface area contributed by atoms with E-state index in [0.29, 0.717) is 13.0 Å². The zero-order valence-electron chi connectivity index (χ0n) is 12.0. The molecular weight excluding hydrogens is 310 g/mol. The van der Waals surface area contributed by atoms with Crippen molar-refractivity contribution in [3.05, 3.63) is 28.3 Å². The van der Waals surface area contributed by atoms with E-state index < -0.39 is 14.9 Å². The van der Waals surface area contributed by atoms with Gasteiger partial charge in [0, 0.05) is 19.2 Å². The molecular formula is C13H19N3O5S. The monoisotopic (exact) mass is 329 g/mol. The Hall–Kier alpha value is -1.71. The normalized spacial score (nSPS) is 16.8. The number of aliphatic hydroxyl groups excluding tert-OH is 1. The van der Waals surface area contributed by atoms with Crippen LogP contribution in [0.15, 0.2) is 23.1 Å². The number of nitro benzene ring substituents is 1. The van der Waals surface area contributed by atoms with Crippen molar-refractivity contribution in [3.8, 4) is 0 Å². The lowest BCUT2D eigenvalue weighted by Crippen LogP contribution is -2.37. The Morgan fingerprint density at radius 3 is 2.55 bits per heavy atom. The number of nitrogens with one attached hydrogen (secondary N) is 1. The predicted molar refractivity (Wildman–Crippen MR) is 80.9 cm³/mol. The van der Waals surface area contributed by atoms with Crippen LogP contribution in [0.5, 0.6) is 0 Å². The molecule has 0 saturated heterocycles. The number of nitrogens with two attached hydrogens (primary N) is 1. The van der Waals surface area contributed by atoms with E-state index in [1.54, 1.807) is 0 Å². The SMILES string of the molecule is NS(=O)(=O)c1ccc(NCC2(CCO)CCC2)c([N+](=O)[O-])c1. The maximum atomic E-state index is 11.3. The summed E-state index contributed by atoms with van der Waals surface area (Å²) in [5.41, 5.74) is -0.118. The van der Waals surface area contributed by atoms with Crippen molar-refractivity contribution in [1.29, 1.82) is 0 Å². The van der Waals surface area contributed by atoms with Gasteiger partial charge in [0.2, 0.25) is 10.0 Å². The Morgan fingerprint density at radius 2 is 2.09 bits per heavy atom. The smallest absolute Gasteiger partial charge is 0.293 e. The van der Waals surface area contributed by atoms with Crippen molar-refractivity contribution in [2.24, 2.45) is 10.6 Å². The molecule has 1 saturated carbocycles. The van der Waals surface area contributed by atoms with E-state index >= 15 is 0 Å². The minimum atomic E-state index is -3.99. The highest BCUT2D eigenvalue weighted by Crippen LogP contribution is 2.44. The number of benzene rings is 1. The molecule has 1 aromatic rings. The van der Waals surface area contributed by atoms with Crippen molar-refractivity contribution in [2.45, 2.75) is 30.6 Å². The first-order valence-corrected chi connectivity index (χ1v) is 8.48. The van der Waals surface area contributed by atoms with Gasteiger partial charge >= 0.3 is 0 Å². The quantitative estimate of drug-likeness (QED) is 0.508. The van der Waals surface area contributed by atoms with Gasteiger partial charge in [-0.2, -0.15) is 0 Å². The van der Waals surface area contributed by atoms with E-state index in [2.05, 4.69) is 5.32 Å². The number of primary sulfonamides is 1. The lowest BCUT2D eigenvalue weighted by molar-refractivity contribution is -0.384. The van der Waals surface area contributed by atoms with Gasteiger partial charge in [-0.15, -0.1) is 0 Å². The highest BCUT2D eigenvalue weighted by atomic mass is 32.2. The molecule has 122 valence electrons. The predicted octanol–water partition coefficient (Wildman–Crippen LogP) is 1.21. The molecule has 2 rings (SSSR count). The molecule has 8 nitrogen and oxygen atoms in total. The largest absolute Gasteiger partial charge is 0.396 e. The summed E-state index contributed by atoms with van der Waals surface area (Å²) in [4.78, 5) is 10.2. The fraction of sp³-hybridized carbons (Fsp3) is 0.538. The minimum Gasteiger partial charge on any atom is -0.396 e. The van der Waals surface area contributed by atoms with Gasteiger partial charge in [-0.1, -0.05) is 6.42 Å². The zero-order valence-corrected chi connectivity index (χ0v) is 12.8. The van der Waals surface area contributed by atoms with Crippen LogP contribution < -0.4 is 10.5 Å². The number of nitrogens with zero attached hydrogens (tertiary/aromatic N) is 1. The Labute approximate surface area is 128 Å². The summed E-state index contributed by atoms with van der Waals surface area (Å²) in [5, 5.41) is 28.2. The maximum absolute atomic E-state index is 11.3. The molecule has 0 unspecified atom stereocenters. The van der Waals surface area contributed by atoms with Gasteiger partial charge in [-0.3, -0.25) is 10.1 Å². The molecule has 22 heavy (non-hydrogen) atoms. The average molecular weight is 329 g/mol. The standard InChI is InChI=1S/C13H19N3O5S/c14-22(20,21)10-2-3-11(12(8-10)16(18)19)15-9-13(6-7-17)4-1-5-13/h2-3,8,15,17H,1,4-7,9H2,(H2,14,20,21). The molecule has 0 aromatic heterocycles.